The minimum atomic E-state index is -0.520. The van der Waals surface area contributed by atoms with E-state index in [2.05, 4.69) is 24.4 Å². The van der Waals surface area contributed by atoms with E-state index in [1.165, 1.54) is 12.0 Å². The summed E-state index contributed by atoms with van der Waals surface area (Å²) < 4.78 is 0. The fraction of sp³-hybridized carbons (Fsp3) is 0.533. The first-order chi connectivity index (χ1) is 8.65. The summed E-state index contributed by atoms with van der Waals surface area (Å²) in [6.45, 7) is 2.83. The largest absolute Gasteiger partial charge is 0.368 e. The normalized spacial score (nSPS) is 27.9. The van der Waals surface area contributed by atoms with Crippen molar-refractivity contribution in [3.8, 4) is 0 Å². The molecule has 3 heteroatoms. The molecular weight excluding hydrogens is 224 g/mol. The van der Waals surface area contributed by atoms with Crippen molar-refractivity contribution < 1.29 is 4.79 Å². The molecule has 2 unspecified atom stereocenters. The number of benzene rings is 1. The zero-order valence-corrected chi connectivity index (χ0v) is 11.0. The van der Waals surface area contributed by atoms with Gasteiger partial charge in [-0.25, -0.2) is 0 Å². The molecule has 0 aromatic heterocycles. The number of carbonyl (C=O) groups excluding carboxylic acids is 1. The highest BCUT2D eigenvalue weighted by molar-refractivity contribution is 5.85. The van der Waals surface area contributed by atoms with Crippen LogP contribution in [0.4, 0.5) is 0 Å². The lowest BCUT2D eigenvalue weighted by atomic mass is 9.73. The summed E-state index contributed by atoms with van der Waals surface area (Å²) in [6.07, 6.45) is 4.21. The summed E-state index contributed by atoms with van der Waals surface area (Å²) >= 11 is 0. The Balaban J connectivity index is 2.09. The van der Waals surface area contributed by atoms with Gasteiger partial charge in [-0.2, -0.15) is 0 Å². The molecule has 18 heavy (non-hydrogen) atoms. The fourth-order valence-corrected chi connectivity index (χ4v) is 2.92. The summed E-state index contributed by atoms with van der Waals surface area (Å²) in [5, 5.41) is 3.43. The number of amides is 1. The van der Waals surface area contributed by atoms with E-state index >= 15 is 0 Å². The Morgan fingerprint density at radius 2 is 2.11 bits per heavy atom. The summed E-state index contributed by atoms with van der Waals surface area (Å²) in [7, 11) is 0. The summed E-state index contributed by atoms with van der Waals surface area (Å²) in [5.74, 6) is 0.109. The lowest BCUT2D eigenvalue weighted by Gasteiger charge is -2.41. The number of nitrogens with one attached hydrogen (secondary N) is 1. The van der Waals surface area contributed by atoms with Crippen LogP contribution in [-0.2, 0) is 11.3 Å². The molecule has 0 spiro atoms. The SMILES string of the molecule is CC1CCCCC1(NCc1ccccc1)C(N)=O. The summed E-state index contributed by atoms with van der Waals surface area (Å²) in [6, 6.07) is 10.2. The molecule has 1 aliphatic rings. The van der Waals surface area contributed by atoms with Gasteiger partial charge in [-0.1, -0.05) is 50.1 Å². The summed E-state index contributed by atoms with van der Waals surface area (Å²) in [4.78, 5) is 11.9. The third kappa shape index (κ3) is 2.56. The molecule has 0 aliphatic heterocycles. The van der Waals surface area contributed by atoms with Crippen LogP contribution in [0.15, 0.2) is 30.3 Å². The van der Waals surface area contributed by atoms with Crippen LogP contribution in [0.3, 0.4) is 0 Å². The van der Waals surface area contributed by atoms with Crippen molar-refractivity contribution in [3.63, 3.8) is 0 Å². The van der Waals surface area contributed by atoms with Crippen LogP contribution < -0.4 is 11.1 Å². The van der Waals surface area contributed by atoms with Crippen molar-refractivity contribution >= 4 is 5.91 Å². The van der Waals surface area contributed by atoms with E-state index in [9.17, 15) is 4.79 Å². The van der Waals surface area contributed by atoms with Crippen molar-refractivity contribution in [1.29, 1.82) is 0 Å². The zero-order valence-electron chi connectivity index (χ0n) is 11.0. The first-order valence-corrected chi connectivity index (χ1v) is 6.74. The van der Waals surface area contributed by atoms with Gasteiger partial charge in [-0.15, -0.1) is 0 Å². The Morgan fingerprint density at radius 3 is 2.72 bits per heavy atom. The Bertz CT molecular complexity index is 404. The first kappa shape index (κ1) is 13.1. The van der Waals surface area contributed by atoms with Gasteiger partial charge in [-0.05, 0) is 24.3 Å². The summed E-state index contributed by atoms with van der Waals surface area (Å²) in [5.41, 5.74) is 6.33. The van der Waals surface area contributed by atoms with E-state index in [1.807, 2.05) is 18.2 Å². The lowest BCUT2D eigenvalue weighted by Crippen LogP contribution is -2.60. The second kappa shape index (κ2) is 5.53. The lowest BCUT2D eigenvalue weighted by molar-refractivity contribution is -0.128. The third-order valence-corrected chi connectivity index (χ3v) is 4.19. The van der Waals surface area contributed by atoms with Crippen molar-refractivity contribution in [3.05, 3.63) is 35.9 Å². The number of rotatable bonds is 4. The standard InChI is InChI=1S/C15H22N2O/c1-12-7-5-6-10-15(12,14(16)18)17-11-13-8-3-2-4-9-13/h2-4,8-9,12,17H,5-7,10-11H2,1H3,(H2,16,18). The zero-order chi connectivity index (χ0) is 13.0. The number of nitrogens with two attached hydrogens (primary N) is 1. The van der Waals surface area contributed by atoms with E-state index in [1.54, 1.807) is 0 Å². The number of hydrogen-bond acceptors (Lipinski definition) is 2. The number of carbonyl (C=O) groups is 1. The molecule has 1 aliphatic carbocycles. The van der Waals surface area contributed by atoms with Gasteiger partial charge in [0.15, 0.2) is 0 Å². The van der Waals surface area contributed by atoms with Crippen LogP contribution >= 0.6 is 0 Å². The second-order valence-electron chi connectivity index (χ2n) is 5.32. The van der Waals surface area contributed by atoms with Gasteiger partial charge in [0, 0.05) is 6.54 Å². The van der Waals surface area contributed by atoms with Gasteiger partial charge >= 0.3 is 0 Å². The topological polar surface area (TPSA) is 55.1 Å². The molecule has 1 fully saturated rings. The molecule has 0 saturated heterocycles. The second-order valence-corrected chi connectivity index (χ2v) is 5.32. The minimum absolute atomic E-state index is 0.203. The molecule has 0 radical (unpaired) electrons. The maximum absolute atomic E-state index is 11.9. The highest BCUT2D eigenvalue weighted by Gasteiger charge is 2.42. The van der Waals surface area contributed by atoms with Crippen molar-refractivity contribution in [2.24, 2.45) is 11.7 Å². The first-order valence-electron chi connectivity index (χ1n) is 6.74. The van der Waals surface area contributed by atoms with Gasteiger partial charge < -0.3 is 5.73 Å². The van der Waals surface area contributed by atoms with Crippen molar-refractivity contribution in [2.75, 3.05) is 0 Å². The van der Waals surface area contributed by atoms with Crippen molar-refractivity contribution in [2.45, 2.75) is 44.7 Å². The van der Waals surface area contributed by atoms with Gasteiger partial charge in [0.1, 0.15) is 5.54 Å². The molecule has 1 aromatic carbocycles. The van der Waals surface area contributed by atoms with Crippen LogP contribution in [0.25, 0.3) is 0 Å². The third-order valence-electron chi connectivity index (χ3n) is 4.19. The molecule has 2 rings (SSSR count). The predicted molar refractivity (Wildman–Crippen MR) is 72.8 cm³/mol. The Kier molecular flexibility index (Phi) is 4.02. The molecule has 1 saturated carbocycles. The average molecular weight is 246 g/mol. The molecule has 1 amide bonds. The molecular formula is C15H22N2O. The maximum atomic E-state index is 11.9. The van der Waals surface area contributed by atoms with Crippen LogP contribution in [0.5, 0.6) is 0 Å². The van der Waals surface area contributed by atoms with E-state index in [4.69, 9.17) is 5.73 Å². The van der Waals surface area contributed by atoms with E-state index in [0.29, 0.717) is 12.5 Å². The van der Waals surface area contributed by atoms with Crippen LogP contribution in [0, 0.1) is 5.92 Å². The van der Waals surface area contributed by atoms with Gasteiger partial charge in [0.25, 0.3) is 0 Å². The molecule has 3 N–H and O–H groups in total. The maximum Gasteiger partial charge on any atom is 0.238 e. The van der Waals surface area contributed by atoms with E-state index < -0.39 is 5.54 Å². The van der Waals surface area contributed by atoms with Crippen LogP contribution in [-0.4, -0.2) is 11.4 Å². The number of primary amides is 1. The Hall–Kier alpha value is -1.35. The highest BCUT2D eigenvalue weighted by Crippen LogP contribution is 2.33. The van der Waals surface area contributed by atoms with E-state index in [-0.39, 0.29) is 5.91 Å². The number of hydrogen-bond donors (Lipinski definition) is 2. The van der Waals surface area contributed by atoms with Gasteiger partial charge in [-0.3, -0.25) is 10.1 Å². The van der Waals surface area contributed by atoms with Gasteiger partial charge in [0.05, 0.1) is 0 Å². The molecule has 3 nitrogen and oxygen atoms in total. The quantitative estimate of drug-likeness (QED) is 0.855. The Morgan fingerprint density at radius 1 is 1.39 bits per heavy atom. The molecule has 2 atom stereocenters. The monoisotopic (exact) mass is 246 g/mol. The minimum Gasteiger partial charge on any atom is -0.368 e. The molecule has 0 heterocycles. The Labute approximate surface area is 109 Å². The molecule has 0 bridgehead atoms. The van der Waals surface area contributed by atoms with E-state index in [0.717, 1.165) is 19.3 Å². The smallest absolute Gasteiger partial charge is 0.238 e. The average Bonchev–Trinajstić information content (AvgIpc) is 2.39. The van der Waals surface area contributed by atoms with Crippen LogP contribution in [0.1, 0.15) is 38.2 Å². The fourth-order valence-electron chi connectivity index (χ4n) is 2.92. The molecule has 1 aromatic rings. The van der Waals surface area contributed by atoms with Gasteiger partial charge in [0.2, 0.25) is 5.91 Å². The predicted octanol–water partition coefficient (Wildman–Crippen LogP) is 2.21. The van der Waals surface area contributed by atoms with Crippen molar-refractivity contribution in [1.82, 2.24) is 5.32 Å². The van der Waals surface area contributed by atoms with Crippen LogP contribution in [0.2, 0.25) is 0 Å². The highest BCUT2D eigenvalue weighted by atomic mass is 16.1. The molecule has 98 valence electrons.